The van der Waals surface area contributed by atoms with E-state index in [0.29, 0.717) is 25.9 Å². The summed E-state index contributed by atoms with van der Waals surface area (Å²) in [4.78, 5) is 24.0. The number of carbonyl (C=O) groups excluding carboxylic acids is 1. The zero-order chi connectivity index (χ0) is 11.3. The SMILES string of the molecule is COC12CN(C(C)=O)CC(C(=O)O)(C1)C2. The fourth-order valence-corrected chi connectivity index (χ4v) is 2.82. The quantitative estimate of drug-likeness (QED) is 0.706. The Morgan fingerprint density at radius 3 is 2.33 bits per heavy atom. The number of fused-ring (bicyclic) bond motifs is 2. The van der Waals surface area contributed by atoms with Gasteiger partial charge in [-0.2, -0.15) is 0 Å². The summed E-state index contributed by atoms with van der Waals surface area (Å²) in [5.41, 5.74) is -1.18. The van der Waals surface area contributed by atoms with Crippen molar-refractivity contribution in [1.82, 2.24) is 4.90 Å². The first kappa shape index (κ1) is 10.4. The Bertz CT molecular complexity index is 314. The van der Waals surface area contributed by atoms with Crippen LogP contribution in [0.25, 0.3) is 0 Å². The average Bonchev–Trinajstić information content (AvgIpc) is 2.15. The first-order chi connectivity index (χ1) is 6.93. The highest BCUT2D eigenvalue weighted by molar-refractivity contribution is 5.80. The Labute approximate surface area is 88.0 Å². The third-order valence-corrected chi connectivity index (χ3v) is 3.63. The van der Waals surface area contributed by atoms with Crippen LogP contribution >= 0.6 is 0 Å². The van der Waals surface area contributed by atoms with E-state index < -0.39 is 17.0 Å². The van der Waals surface area contributed by atoms with Crippen molar-refractivity contribution in [2.24, 2.45) is 5.41 Å². The first-order valence-corrected chi connectivity index (χ1v) is 4.97. The number of amides is 1. The molecule has 2 aliphatic heterocycles. The number of piperidine rings is 2. The molecule has 15 heavy (non-hydrogen) atoms. The molecule has 3 aliphatic rings. The molecule has 0 aromatic rings. The molecule has 0 radical (unpaired) electrons. The molecular formula is C10H15NO4. The van der Waals surface area contributed by atoms with Gasteiger partial charge in [0.15, 0.2) is 0 Å². The van der Waals surface area contributed by atoms with Gasteiger partial charge in [-0.3, -0.25) is 9.59 Å². The van der Waals surface area contributed by atoms with E-state index in [1.807, 2.05) is 0 Å². The molecule has 0 unspecified atom stereocenters. The number of carbonyl (C=O) groups is 2. The molecule has 2 heterocycles. The number of hydrogen-bond donors (Lipinski definition) is 1. The van der Waals surface area contributed by atoms with Gasteiger partial charge in [0, 0.05) is 27.1 Å². The van der Waals surface area contributed by atoms with Crippen LogP contribution < -0.4 is 0 Å². The van der Waals surface area contributed by atoms with E-state index in [4.69, 9.17) is 9.84 Å². The first-order valence-electron chi connectivity index (χ1n) is 4.97. The van der Waals surface area contributed by atoms with Crippen molar-refractivity contribution in [3.8, 4) is 0 Å². The fourth-order valence-electron chi connectivity index (χ4n) is 2.82. The molecule has 2 saturated heterocycles. The van der Waals surface area contributed by atoms with Gasteiger partial charge in [0.2, 0.25) is 5.91 Å². The normalized spacial score (nSPS) is 38.4. The maximum Gasteiger partial charge on any atom is 0.311 e. The van der Waals surface area contributed by atoms with Crippen LogP contribution in [-0.4, -0.2) is 47.7 Å². The van der Waals surface area contributed by atoms with Crippen LogP contribution in [0.1, 0.15) is 19.8 Å². The van der Waals surface area contributed by atoms with Crippen molar-refractivity contribution in [2.75, 3.05) is 20.2 Å². The van der Waals surface area contributed by atoms with E-state index in [0.717, 1.165) is 0 Å². The van der Waals surface area contributed by atoms with Gasteiger partial charge in [-0.15, -0.1) is 0 Å². The van der Waals surface area contributed by atoms with E-state index in [9.17, 15) is 9.59 Å². The molecule has 2 bridgehead atoms. The van der Waals surface area contributed by atoms with Crippen molar-refractivity contribution in [1.29, 1.82) is 0 Å². The third kappa shape index (κ3) is 1.33. The van der Waals surface area contributed by atoms with Crippen LogP contribution in [0.15, 0.2) is 0 Å². The number of hydrogen-bond acceptors (Lipinski definition) is 3. The molecule has 3 fully saturated rings. The molecule has 1 N–H and O–H groups in total. The number of methoxy groups -OCH3 is 1. The minimum absolute atomic E-state index is 0.0820. The Morgan fingerprint density at radius 1 is 1.33 bits per heavy atom. The van der Waals surface area contributed by atoms with Gasteiger partial charge >= 0.3 is 5.97 Å². The third-order valence-electron chi connectivity index (χ3n) is 3.63. The van der Waals surface area contributed by atoms with Gasteiger partial charge in [0.25, 0.3) is 0 Å². The van der Waals surface area contributed by atoms with Crippen LogP contribution in [0.3, 0.4) is 0 Å². The molecule has 1 amide bonds. The van der Waals surface area contributed by atoms with E-state index in [1.54, 1.807) is 12.0 Å². The highest BCUT2D eigenvalue weighted by Gasteiger charge is 2.64. The zero-order valence-corrected chi connectivity index (χ0v) is 8.95. The highest BCUT2D eigenvalue weighted by atomic mass is 16.5. The van der Waals surface area contributed by atoms with Crippen molar-refractivity contribution in [3.05, 3.63) is 0 Å². The van der Waals surface area contributed by atoms with E-state index in [2.05, 4.69) is 0 Å². The van der Waals surface area contributed by atoms with Crippen LogP contribution in [0.4, 0.5) is 0 Å². The molecule has 5 nitrogen and oxygen atoms in total. The van der Waals surface area contributed by atoms with Crippen LogP contribution in [-0.2, 0) is 14.3 Å². The summed E-state index contributed by atoms with van der Waals surface area (Å²) in [6.07, 6.45) is 1.05. The van der Waals surface area contributed by atoms with Crippen LogP contribution in [0, 0.1) is 5.41 Å². The number of aliphatic carboxylic acids is 1. The molecule has 0 atom stereocenters. The lowest BCUT2D eigenvalue weighted by Gasteiger charge is -2.60. The van der Waals surface area contributed by atoms with E-state index in [1.165, 1.54) is 6.92 Å². The molecule has 84 valence electrons. The number of carboxylic acids is 1. The molecular weight excluding hydrogens is 198 g/mol. The summed E-state index contributed by atoms with van der Waals surface area (Å²) >= 11 is 0. The van der Waals surface area contributed by atoms with Crippen molar-refractivity contribution in [3.63, 3.8) is 0 Å². The predicted octanol–water partition coefficient (Wildman–Crippen LogP) is 0.0985. The zero-order valence-electron chi connectivity index (χ0n) is 8.95. The van der Waals surface area contributed by atoms with Gasteiger partial charge in [0.05, 0.1) is 11.0 Å². The summed E-state index contributed by atoms with van der Waals surface area (Å²) in [6.45, 7) is 2.31. The lowest BCUT2D eigenvalue weighted by Crippen LogP contribution is -2.71. The van der Waals surface area contributed by atoms with Gasteiger partial charge < -0.3 is 14.7 Å². The predicted molar refractivity (Wildman–Crippen MR) is 51.3 cm³/mol. The summed E-state index contributed by atoms with van der Waals surface area (Å²) in [6, 6.07) is 0. The van der Waals surface area contributed by atoms with E-state index in [-0.39, 0.29) is 5.91 Å². The fraction of sp³-hybridized carbons (Fsp3) is 0.800. The largest absolute Gasteiger partial charge is 0.481 e. The maximum absolute atomic E-state index is 11.3. The topological polar surface area (TPSA) is 66.8 Å². The Hall–Kier alpha value is -1.10. The van der Waals surface area contributed by atoms with Gasteiger partial charge in [-0.25, -0.2) is 0 Å². The summed E-state index contributed by atoms with van der Waals surface area (Å²) in [5.74, 6) is -0.900. The minimum Gasteiger partial charge on any atom is -0.481 e. The molecule has 0 aromatic carbocycles. The molecule has 3 rings (SSSR count). The Balaban J connectivity index is 2.21. The van der Waals surface area contributed by atoms with Crippen LogP contribution in [0.2, 0.25) is 0 Å². The van der Waals surface area contributed by atoms with Crippen molar-refractivity contribution < 1.29 is 19.4 Å². The standard InChI is InChI=1S/C10H15NO4/c1-7(12)11-5-9(8(13)14)3-10(4-9,6-11)15-2/h3-6H2,1-2H3,(H,13,14). The summed E-state index contributed by atoms with van der Waals surface area (Å²) in [7, 11) is 1.58. The lowest BCUT2D eigenvalue weighted by atomic mass is 9.55. The van der Waals surface area contributed by atoms with Gasteiger partial charge in [0.1, 0.15) is 0 Å². The average molecular weight is 213 g/mol. The minimum atomic E-state index is -0.818. The summed E-state index contributed by atoms with van der Waals surface area (Å²) in [5, 5.41) is 9.15. The number of carboxylic acid groups (broad SMARTS) is 1. The van der Waals surface area contributed by atoms with Crippen molar-refractivity contribution in [2.45, 2.75) is 25.4 Å². The molecule has 1 aliphatic carbocycles. The second-order valence-corrected chi connectivity index (χ2v) is 4.70. The second-order valence-electron chi connectivity index (χ2n) is 4.70. The Morgan fingerprint density at radius 2 is 1.93 bits per heavy atom. The smallest absolute Gasteiger partial charge is 0.311 e. The second kappa shape index (κ2) is 2.95. The Kier molecular flexibility index (Phi) is 2.05. The monoisotopic (exact) mass is 213 g/mol. The van der Waals surface area contributed by atoms with Gasteiger partial charge in [-0.05, 0) is 12.8 Å². The molecule has 0 aromatic heterocycles. The lowest BCUT2D eigenvalue weighted by molar-refractivity contribution is -0.220. The highest BCUT2D eigenvalue weighted by Crippen LogP contribution is 2.55. The number of nitrogens with zero attached hydrogens (tertiary/aromatic N) is 1. The molecule has 0 spiro atoms. The number of ether oxygens (including phenoxy) is 1. The molecule has 5 heteroatoms. The van der Waals surface area contributed by atoms with Crippen molar-refractivity contribution >= 4 is 11.9 Å². The molecule has 1 saturated carbocycles. The van der Waals surface area contributed by atoms with Crippen LogP contribution in [0.5, 0.6) is 0 Å². The van der Waals surface area contributed by atoms with E-state index >= 15 is 0 Å². The summed E-state index contributed by atoms with van der Waals surface area (Å²) < 4.78 is 5.34. The maximum atomic E-state index is 11.3. The number of rotatable bonds is 2. The van der Waals surface area contributed by atoms with Gasteiger partial charge in [-0.1, -0.05) is 0 Å².